The van der Waals surface area contributed by atoms with Crippen molar-refractivity contribution < 1.29 is 19.5 Å². The molecule has 0 aliphatic heterocycles. The molecule has 1 rings (SSSR count). The van der Waals surface area contributed by atoms with E-state index in [1.165, 1.54) is 12.1 Å². The highest BCUT2D eigenvalue weighted by Gasteiger charge is 2.11. The Kier molecular flexibility index (Phi) is 5.32. The average molecular weight is 251 g/mol. The van der Waals surface area contributed by atoms with Gasteiger partial charge in [-0.05, 0) is 37.1 Å². The molecule has 0 bridgehead atoms. The molecule has 0 aromatic heterocycles. The Bertz CT molecular complexity index is 431. The summed E-state index contributed by atoms with van der Waals surface area (Å²) < 4.78 is 0. The Labute approximate surface area is 106 Å². The molecular formula is C13H17NO4. The molecule has 1 aromatic carbocycles. The summed E-state index contributed by atoms with van der Waals surface area (Å²) in [5.41, 5.74) is 1.43. The molecule has 1 N–H and O–H groups in total. The fourth-order valence-electron chi connectivity index (χ4n) is 1.50. The molecule has 1 aromatic rings. The first-order valence-corrected chi connectivity index (χ1v) is 5.81. The van der Waals surface area contributed by atoms with Gasteiger partial charge in [0.05, 0.1) is 17.9 Å². The van der Waals surface area contributed by atoms with Crippen molar-refractivity contribution in [2.75, 3.05) is 11.7 Å². The maximum atomic E-state index is 11.0. The van der Waals surface area contributed by atoms with E-state index in [1.807, 2.05) is 6.92 Å². The van der Waals surface area contributed by atoms with Crippen molar-refractivity contribution in [1.29, 1.82) is 0 Å². The Hall–Kier alpha value is -1.88. The lowest BCUT2D eigenvalue weighted by Crippen LogP contribution is -2.23. The summed E-state index contributed by atoms with van der Waals surface area (Å²) >= 11 is 0. The first-order valence-electron chi connectivity index (χ1n) is 5.81. The van der Waals surface area contributed by atoms with Gasteiger partial charge in [0.1, 0.15) is 0 Å². The minimum atomic E-state index is -0.991. The second-order valence-corrected chi connectivity index (χ2v) is 3.92. The van der Waals surface area contributed by atoms with Crippen molar-refractivity contribution in [1.82, 2.24) is 0 Å². The molecule has 0 aliphatic carbocycles. The summed E-state index contributed by atoms with van der Waals surface area (Å²) in [6, 6.07) is 4.53. The molecule has 18 heavy (non-hydrogen) atoms. The molecule has 5 heteroatoms. The van der Waals surface area contributed by atoms with E-state index >= 15 is 0 Å². The summed E-state index contributed by atoms with van der Waals surface area (Å²) in [6.45, 7) is 4.22. The molecule has 98 valence electrons. The van der Waals surface area contributed by atoms with E-state index in [2.05, 4.69) is 0 Å². The number of nitrogens with zero attached hydrogens (tertiary/aromatic N) is 1. The molecular weight excluding hydrogens is 234 g/mol. The lowest BCUT2D eigenvalue weighted by molar-refractivity contribution is -0.114. The zero-order chi connectivity index (χ0) is 13.5. The van der Waals surface area contributed by atoms with E-state index in [9.17, 15) is 9.59 Å². The summed E-state index contributed by atoms with van der Waals surface area (Å²) in [5.74, 6) is -0.991. The summed E-state index contributed by atoms with van der Waals surface area (Å²) in [4.78, 5) is 27.1. The number of carboxylic acid groups (broad SMARTS) is 1. The predicted octanol–water partition coefficient (Wildman–Crippen LogP) is 2.39. The van der Waals surface area contributed by atoms with Crippen LogP contribution in [0.25, 0.3) is 0 Å². The van der Waals surface area contributed by atoms with Crippen LogP contribution in [0.5, 0.6) is 0 Å². The molecule has 0 saturated carbocycles. The normalized spacial score (nSPS) is 10.1. The van der Waals surface area contributed by atoms with Crippen molar-refractivity contribution in [2.24, 2.45) is 0 Å². The Morgan fingerprint density at radius 3 is 2.72 bits per heavy atom. The Morgan fingerprint density at radius 2 is 2.22 bits per heavy atom. The largest absolute Gasteiger partial charge is 0.478 e. The summed E-state index contributed by atoms with van der Waals surface area (Å²) in [6.07, 6.45) is 2.42. The number of hydroxylamine groups is 1. The van der Waals surface area contributed by atoms with Gasteiger partial charge in [-0.2, -0.15) is 5.06 Å². The van der Waals surface area contributed by atoms with Crippen LogP contribution < -0.4 is 5.06 Å². The van der Waals surface area contributed by atoms with Gasteiger partial charge in [0, 0.05) is 0 Å². The minimum absolute atomic E-state index is 0.190. The number of aryl methyl sites for hydroxylation is 1. The molecule has 1 amide bonds. The molecule has 0 spiro atoms. The van der Waals surface area contributed by atoms with Gasteiger partial charge in [-0.25, -0.2) is 4.79 Å². The number of carbonyl (C=O) groups excluding carboxylic acids is 1. The van der Waals surface area contributed by atoms with Gasteiger partial charge in [0.15, 0.2) is 0 Å². The van der Waals surface area contributed by atoms with Crippen LogP contribution in [-0.2, 0) is 9.63 Å². The van der Waals surface area contributed by atoms with Crippen LogP contribution in [0, 0.1) is 6.92 Å². The summed E-state index contributed by atoms with van der Waals surface area (Å²) in [7, 11) is 0. The third-order valence-electron chi connectivity index (χ3n) is 2.51. The molecule has 0 fully saturated rings. The van der Waals surface area contributed by atoms with Gasteiger partial charge < -0.3 is 5.11 Å². The second-order valence-electron chi connectivity index (χ2n) is 3.92. The Balaban J connectivity index is 2.86. The van der Waals surface area contributed by atoms with E-state index in [4.69, 9.17) is 9.94 Å². The number of hydrogen-bond acceptors (Lipinski definition) is 3. The molecule has 0 atom stereocenters. The van der Waals surface area contributed by atoms with Crippen molar-refractivity contribution in [3.8, 4) is 0 Å². The van der Waals surface area contributed by atoms with Gasteiger partial charge in [0.25, 0.3) is 0 Å². The maximum Gasteiger partial charge on any atom is 0.335 e. The third-order valence-corrected chi connectivity index (χ3v) is 2.51. The number of hydrogen-bond donors (Lipinski definition) is 1. The molecule has 0 saturated heterocycles. The van der Waals surface area contributed by atoms with E-state index in [0.717, 1.165) is 17.9 Å². The first kappa shape index (κ1) is 14.2. The maximum absolute atomic E-state index is 11.0. The zero-order valence-electron chi connectivity index (χ0n) is 10.5. The van der Waals surface area contributed by atoms with Gasteiger partial charge in [-0.15, -0.1) is 0 Å². The fourth-order valence-corrected chi connectivity index (χ4v) is 1.50. The molecule has 0 unspecified atom stereocenters. The molecule has 0 radical (unpaired) electrons. The quantitative estimate of drug-likeness (QED) is 0.459. The highest BCUT2D eigenvalue weighted by Crippen LogP contribution is 2.20. The number of carbonyl (C=O) groups is 2. The molecule has 0 heterocycles. The van der Waals surface area contributed by atoms with Crippen LogP contribution in [-0.4, -0.2) is 24.1 Å². The predicted molar refractivity (Wildman–Crippen MR) is 67.5 cm³/mol. The zero-order valence-corrected chi connectivity index (χ0v) is 10.5. The lowest BCUT2D eigenvalue weighted by Gasteiger charge is -2.19. The highest BCUT2D eigenvalue weighted by atomic mass is 16.7. The van der Waals surface area contributed by atoms with Crippen molar-refractivity contribution in [2.45, 2.75) is 26.7 Å². The van der Waals surface area contributed by atoms with E-state index < -0.39 is 5.97 Å². The smallest absolute Gasteiger partial charge is 0.335 e. The standard InChI is InChI=1S/C13H17NO4/c1-3-4-7-18-14(9-15)12-6-5-11(13(16)17)8-10(12)2/h5-6,8-9H,3-4,7H2,1-2H3,(H,16,17). The third kappa shape index (κ3) is 3.56. The molecule has 5 nitrogen and oxygen atoms in total. The second kappa shape index (κ2) is 6.76. The number of aromatic carboxylic acids is 1. The number of benzene rings is 1. The number of rotatable bonds is 7. The van der Waals surface area contributed by atoms with Gasteiger partial charge in [-0.1, -0.05) is 13.3 Å². The van der Waals surface area contributed by atoms with Gasteiger partial charge in [-0.3, -0.25) is 9.63 Å². The average Bonchev–Trinajstić information content (AvgIpc) is 2.35. The highest BCUT2D eigenvalue weighted by molar-refractivity contribution is 5.89. The van der Waals surface area contributed by atoms with Crippen LogP contribution in [0.1, 0.15) is 35.7 Å². The van der Waals surface area contributed by atoms with E-state index in [0.29, 0.717) is 24.3 Å². The van der Waals surface area contributed by atoms with Gasteiger partial charge >= 0.3 is 5.97 Å². The van der Waals surface area contributed by atoms with Crippen molar-refractivity contribution in [3.05, 3.63) is 29.3 Å². The van der Waals surface area contributed by atoms with Crippen LogP contribution in [0.15, 0.2) is 18.2 Å². The number of amides is 1. The minimum Gasteiger partial charge on any atom is -0.478 e. The summed E-state index contributed by atoms with van der Waals surface area (Å²) in [5, 5.41) is 9.99. The van der Waals surface area contributed by atoms with Crippen LogP contribution in [0.4, 0.5) is 5.69 Å². The van der Waals surface area contributed by atoms with Crippen LogP contribution in [0.2, 0.25) is 0 Å². The topological polar surface area (TPSA) is 66.8 Å². The lowest BCUT2D eigenvalue weighted by atomic mass is 10.1. The Morgan fingerprint density at radius 1 is 1.50 bits per heavy atom. The first-order chi connectivity index (χ1) is 8.60. The van der Waals surface area contributed by atoms with Crippen molar-refractivity contribution >= 4 is 18.1 Å². The van der Waals surface area contributed by atoms with Gasteiger partial charge in [0.2, 0.25) is 6.41 Å². The van der Waals surface area contributed by atoms with Crippen molar-refractivity contribution in [3.63, 3.8) is 0 Å². The SMILES string of the molecule is CCCCON(C=O)c1ccc(C(=O)O)cc1C. The number of unbranched alkanes of at least 4 members (excludes halogenated alkanes) is 1. The fraction of sp³-hybridized carbons (Fsp3) is 0.385. The number of carboxylic acids is 1. The molecule has 0 aliphatic rings. The van der Waals surface area contributed by atoms with E-state index in [1.54, 1.807) is 13.0 Å². The number of anilines is 1. The van der Waals surface area contributed by atoms with E-state index in [-0.39, 0.29) is 5.56 Å². The van der Waals surface area contributed by atoms with Crippen LogP contribution >= 0.6 is 0 Å². The monoisotopic (exact) mass is 251 g/mol. The van der Waals surface area contributed by atoms with Crippen LogP contribution in [0.3, 0.4) is 0 Å².